The summed E-state index contributed by atoms with van der Waals surface area (Å²) in [6, 6.07) is -0.901. The second-order valence-electron chi connectivity index (χ2n) is 5.75. The van der Waals surface area contributed by atoms with Crippen molar-refractivity contribution in [2.24, 2.45) is 11.7 Å². The molecule has 114 valence electrons. The predicted molar refractivity (Wildman–Crippen MR) is 81.8 cm³/mol. The van der Waals surface area contributed by atoms with Crippen molar-refractivity contribution in [1.82, 2.24) is 5.32 Å². The summed E-state index contributed by atoms with van der Waals surface area (Å²) in [6.07, 6.45) is 4.47. The fraction of sp³-hybridized carbons (Fsp3) is 0.714. The van der Waals surface area contributed by atoms with Gasteiger partial charge in [-0.1, -0.05) is 32.9 Å². The van der Waals surface area contributed by atoms with E-state index in [1.807, 2.05) is 17.8 Å². The molecule has 0 aromatic rings. The van der Waals surface area contributed by atoms with Crippen molar-refractivity contribution in [3.8, 4) is 0 Å². The van der Waals surface area contributed by atoms with E-state index in [1.54, 1.807) is 0 Å². The Bertz CT molecular complexity index is 385. The molecular weight excluding hydrogens is 276 g/mol. The Kier molecular flexibility index (Phi) is 6.23. The molecule has 0 aliphatic carbocycles. The van der Waals surface area contributed by atoms with E-state index in [4.69, 9.17) is 10.8 Å². The molecule has 1 aliphatic rings. The molecule has 6 heteroatoms. The average molecular weight is 300 g/mol. The average Bonchev–Trinajstić information content (AvgIpc) is 2.33. The number of nitrogens with one attached hydrogen (secondary N) is 1. The van der Waals surface area contributed by atoms with Crippen LogP contribution in [0.1, 0.15) is 27.2 Å². The summed E-state index contributed by atoms with van der Waals surface area (Å²) in [5.74, 6) is -0.500. The number of hydrogen-bond donors (Lipinski definition) is 3. The molecule has 1 aliphatic heterocycles. The van der Waals surface area contributed by atoms with Gasteiger partial charge >= 0.3 is 5.97 Å². The highest BCUT2D eigenvalue weighted by atomic mass is 32.2. The zero-order valence-electron chi connectivity index (χ0n) is 12.2. The number of carboxylic acid groups (broad SMARTS) is 1. The summed E-state index contributed by atoms with van der Waals surface area (Å²) in [7, 11) is 0. The van der Waals surface area contributed by atoms with Crippen molar-refractivity contribution >= 4 is 24.0 Å². The van der Waals surface area contributed by atoms with Crippen LogP contribution in [-0.4, -0.2) is 46.0 Å². The summed E-state index contributed by atoms with van der Waals surface area (Å²) in [5, 5.41) is 12.1. The molecule has 0 aromatic heterocycles. The number of carboxylic acids is 1. The molecule has 4 N–H and O–H groups in total. The first-order valence-corrected chi connectivity index (χ1v) is 7.66. The zero-order chi connectivity index (χ0) is 15.3. The van der Waals surface area contributed by atoms with Crippen molar-refractivity contribution in [2.75, 3.05) is 6.54 Å². The Morgan fingerprint density at radius 3 is 2.65 bits per heavy atom. The third-order valence-electron chi connectivity index (χ3n) is 3.54. The number of nitrogens with two attached hydrogens (primary N) is 1. The maximum Gasteiger partial charge on any atom is 0.305 e. The number of hydrogen-bond acceptors (Lipinski definition) is 5. The van der Waals surface area contributed by atoms with Gasteiger partial charge in [-0.15, -0.1) is 0 Å². The highest BCUT2D eigenvalue weighted by Gasteiger charge is 2.43. The third kappa shape index (κ3) is 4.92. The van der Waals surface area contributed by atoms with Gasteiger partial charge in [-0.2, -0.15) is 11.8 Å². The normalized spacial score (nSPS) is 27.8. The van der Waals surface area contributed by atoms with E-state index >= 15 is 0 Å². The Balaban J connectivity index is 2.38. The molecule has 4 atom stereocenters. The molecule has 0 bridgehead atoms. The molecule has 3 unspecified atom stereocenters. The van der Waals surface area contributed by atoms with Gasteiger partial charge in [-0.05, 0) is 0 Å². The number of carbonyl (C=O) groups is 2. The van der Waals surface area contributed by atoms with E-state index in [1.165, 1.54) is 0 Å². The molecule has 1 heterocycles. The standard InChI is InChI=1S/C14H24N2O3S/c1-9-12(14(2,3)20-9)5-4-10(15)7-16-11(8-17)6-13(18)19/h4-5,8-12,16H,6-7,15H2,1-3H3,(H,18,19)/t9?,10?,11-,12?/m0/s1. The Labute approximate surface area is 124 Å². The second kappa shape index (κ2) is 7.24. The first-order valence-electron chi connectivity index (χ1n) is 6.78. The van der Waals surface area contributed by atoms with Crippen LogP contribution in [0.5, 0.6) is 0 Å². The van der Waals surface area contributed by atoms with E-state index in [-0.39, 0.29) is 17.2 Å². The molecule has 0 saturated carbocycles. The third-order valence-corrected chi connectivity index (χ3v) is 5.08. The van der Waals surface area contributed by atoms with Crippen LogP contribution in [0.2, 0.25) is 0 Å². The molecule has 1 rings (SSSR count). The molecule has 0 aromatic carbocycles. The summed E-state index contributed by atoms with van der Waals surface area (Å²) < 4.78 is 0.248. The lowest BCUT2D eigenvalue weighted by molar-refractivity contribution is -0.138. The molecule has 1 saturated heterocycles. The number of carbonyl (C=O) groups excluding carboxylic acids is 1. The van der Waals surface area contributed by atoms with Gasteiger partial charge in [0.15, 0.2) is 0 Å². The van der Waals surface area contributed by atoms with Crippen LogP contribution in [-0.2, 0) is 9.59 Å². The Hall–Kier alpha value is -0.850. The van der Waals surface area contributed by atoms with E-state index < -0.39 is 12.0 Å². The lowest BCUT2D eigenvalue weighted by Gasteiger charge is -2.48. The molecular formula is C14H24N2O3S. The quantitative estimate of drug-likeness (QED) is 0.458. The molecule has 0 spiro atoms. The minimum absolute atomic E-state index is 0.219. The minimum Gasteiger partial charge on any atom is -0.481 e. The SMILES string of the molecule is CC1SC(C)(C)C1C=CC(N)CN[C@H](C=O)CC(=O)O. The van der Waals surface area contributed by atoms with Crippen LogP contribution in [0.25, 0.3) is 0 Å². The van der Waals surface area contributed by atoms with Crippen molar-refractivity contribution in [3.63, 3.8) is 0 Å². The number of rotatable bonds is 8. The van der Waals surface area contributed by atoms with Crippen LogP contribution in [0.3, 0.4) is 0 Å². The fourth-order valence-electron chi connectivity index (χ4n) is 2.49. The first kappa shape index (κ1) is 17.2. The Morgan fingerprint density at radius 2 is 2.20 bits per heavy atom. The fourth-order valence-corrected chi connectivity index (χ4v) is 4.24. The highest BCUT2D eigenvalue weighted by Crippen LogP contribution is 2.51. The number of allylic oxidation sites excluding steroid dienone is 1. The van der Waals surface area contributed by atoms with Crippen LogP contribution < -0.4 is 11.1 Å². The van der Waals surface area contributed by atoms with Crippen molar-refractivity contribution in [2.45, 2.75) is 49.3 Å². The van der Waals surface area contributed by atoms with Gasteiger partial charge in [0.1, 0.15) is 6.29 Å². The minimum atomic E-state index is -0.999. The van der Waals surface area contributed by atoms with Crippen molar-refractivity contribution in [3.05, 3.63) is 12.2 Å². The summed E-state index contributed by atoms with van der Waals surface area (Å²) >= 11 is 1.95. The largest absolute Gasteiger partial charge is 0.481 e. The van der Waals surface area contributed by atoms with Crippen molar-refractivity contribution in [1.29, 1.82) is 0 Å². The van der Waals surface area contributed by atoms with Crippen LogP contribution in [0, 0.1) is 5.92 Å². The van der Waals surface area contributed by atoms with E-state index in [2.05, 4.69) is 32.2 Å². The van der Waals surface area contributed by atoms with E-state index in [0.29, 0.717) is 24.0 Å². The van der Waals surface area contributed by atoms with E-state index in [9.17, 15) is 9.59 Å². The van der Waals surface area contributed by atoms with Gasteiger partial charge in [-0.25, -0.2) is 0 Å². The lowest BCUT2D eigenvalue weighted by Crippen LogP contribution is -2.45. The maximum absolute atomic E-state index is 10.7. The highest BCUT2D eigenvalue weighted by molar-refractivity contribution is 8.02. The molecule has 0 radical (unpaired) electrons. The lowest BCUT2D eigenvalue weighted by atomic mass is 9.89. The summed E-state index contributed by atoms with van der Waals surface area (Å²) in [6.45, 7) is 7.02. The van der Waals surface area contributed by atoms with E-state index in [0.717, 1.165) is 0 Å². The van der Waals surface area contributed by atoms with Gasteiger partial charge in [0, 0.05) is 28.5 Å². The van der Waals surface area contributed by atoms with Gasteiger partial charge < -0.3 is 21.0 Å². The van der Waals surface area contributed by atoms with Gasteiger partial charge in [-0.3, -0.25) is 4.79 Å². The van der Waals surface area contributed by atoms with Gasteiger partial charge in [0.25, 0.3) is 0 Å². The smallest absolute Gasteiger partial charge is 0.305 e. The number of aldehydes is 1. The summed E-state index contributed by atoms with van der Waals surface area (Å²) in [4.78, 5) is 21.3. The molecule has 0 amide bonds. The van der Waals surface area contributed by atoms with Crippen LogP contribution in [0.15, 0.2) is 12.2 Å². The summed E-state index contributed by atoms with van der Waals surface area (Å²) in [5.41, 5.74) is 5.95. The number of thioether (sulfide) groups is 1. The monoisotopic (exact) mass is 300 g/mol. The van der Waals surface area contributed by atoms with Gasteiger partial charge in [0.05, 0.1) is 12.5 Å². The number of aliphatic carboxylic acids is 1. The molecule has 20 heavy (non-hydrogen) atoms. The van der Waals surface area contributed by atoms with Gasteiger partial charge in [0.2, 0.25) is 0 Å². The topological polar surface area (TPSA) is 92.4 Å². The van der Waals surface area contributed by atoms with Crippen LogP contribution in [0.4, 0.5) is 0 Å². The molecule has 1 fully saturated rings. The maximum atomic E-state index is 10.7. The zero-order valence-corrected chi connectivity index (χ0v) is 13.0. The predicted octanol–water partition coefficient (Wildman–Crippen LogP) is 1.03. The van der Waals surface area contributed by atoms with Crippen molar-refractivity contribution < 1.29 is 14.7 Å². The molecule has 5 nitrogen and oxygen atoms in total. The first-order chi connectivity index (χ1) is 9.26. The Morgan fingerprint density at radius 1 is 1.55 bits per heavy atom. The second-order valence-corrected chi connectivity index (χ2v) is 7.78. The van der Waals surface area contributed by atoms with Crippen LogP contribution >= 0.6 is 11.8 Å².